The normalized spacial score (nSPS) is 24.4. The maximum atomic E-state index is 5.27. The van der Waals surface area contributed by atoms with Gasteiger partial charge in [0.25, 0.3) is 0 Å². The molecule has 2 saturated heterocycles. The molecule has 0 bridgehead atoms. The van der Waals surface area contributed by atoms with Crippen LogP contribution in [0.25, 0.3) is 0 Å². The number of aromatic nitrogens is 2. The number of nitrogens with zero attached hydrogens (tertiary/aromatic N) is 4. The Balaban J connectivity index is 1.35. The Labute approximate surface area is 156 Å². The Kier molecular flexibility index (Phi) is 5.00. The molecule has 2 aliphatic heterocycles. The quantitative estimate of drug-likeness (QED) is 0.827. The summed E-state index contributed by atoms with van der Waals surface area (Å²) in [6.07, 6.45) is 8.16. The van der Waals surface area contributed by atoms with E-state index in [2.05, 4.69) is 45.4 Å². The van der Waals surface area contributed by atoms with Gasteiger partial charge in [-0.1, -0.05) is 12.1 Å². The molecule has 4 rings (SSSR count). The third-order valence-corrected chi connectivity index (χ3v) is 5.99. The van der Waals surface area contributed by atoms with E-state index in [1.807, 2.05) is 17.9 Å². The van der Waals surface area contributed by atoms with Gasteiger partial charge in [0.05, 0.1) is 13.3 Å². The summed E-state index contributed by atoms with van der Waals surface area (Å²) in [5.74, 6) is 0.935. The van der Waals surface area contributed by atoms with Crippen LogP contribution in [-0.2, 0) is 20.1 Å². The second-order valence-corrected chi connectivity index (χ2v) is 8.15. The molecule has 1 unspecified atom stereocenters. The molecule has 0 radical (unpaired) electrons. The first-order valence-corrected chi connectivity index (χ1v) is 9.69. The molecule has 1 atom stereocenters. The summed E-state index contributed by atoms with van der Waals surface area (Å²) in [4.78, 5) is 5.27. The molecule has 5 nitrogen and oxygen atoms in total. The Morgan fingerprint density at radius 2 is 1.73 bits per heavy atom. The zero-order valence-corrected chi connectivity index (χ0v) is 16.0. The molecule has 0 N–H and O–H groups in total. The van der Waals surface area contributed by atoms with Crippen LogP contribution in [0.15, 0.2) is 36.7 Å². The number of aryl methyl sites for hydroxylation is 1. The molecule has 5 heteroatoms. The van der Waals surface area contributed by atoms with Crippen LogP contribution in [0.5, 0.6) is 5.75 Å². The Morgan fingerprint density at radius 3 is 2.42 bits per heavy atom. The van der Waals surface area contributed by atoms with Gasteiger partial charge in [-0.25, -0.2) is 0 Å². The first-order valence-electron chi connectivity index (χ1n) is 9.69. The van der Waals surface area contributed by atoms with Crippen molar-refractivity contribution >= 4 is 0 Å². The molecule has 0 amide bonds. The smallest absolute Gasteiger partial charge is 0.118 e. The second kappa shape index (κ2) is 7.41. The van der Waals surface area contributed by atoms with E-state index in [9.17, 15) is 0 Å². The fourth-order valence-electron chi connectivity index (χ4n) is 4.74. The van der Waals surface area contributed by atoms with Gasteiger partial charge in [-0.3, -0.25) is 14.5 Å². The van der Waals surface area contributed by atoms with Crippen LogP contribution < -0.4 is 4.74 Å². The van der Waals surface area contributed by atoms with Gasteiger partial charge in [-0.15, -0.1) is 0 Å². The minimum absolute atomic E-state index is 0.479. The van der Waals surface area contributed by atoms with Crippen LogP contribution in [0.4, 0.5) is 0 Å². The Morgan fingerprint density at radius 1 is 1.00 bits per heavy atom. The maximum absolute atomic E-state index is 5.27. The van der Waals surface area contributed by atoms with E-state index in [4.69, 9.17) is 4.74 Å². The lowest BCUT2D eigenvalue weighted by molar-refractivity contribution is 0.0866. The Hall–Kier alpha value is -1.85. The van der Waals surface area contributed by atoms with Crippen molar-refractivity contribution in [2.45, 2.75) is 32.4 Å². The second-order valence-electron chi connectivity index (χ2n) is 8.15. The van der Waals surface area contributed by atoms with Crippen molar-refractivity contribution in [3.8, 4) is 5.75 Å². The average Bonchev–Trinajstić information content (AvgIpc) is 3.22. The van der Waals surface area contributed by atoms with Crippen molar-refractivity contribution in [2.75, 3.05) is 33.3 Å². The third kappa shape index (κ3) is 3.94. The summed E-state index contributed by atoms with van der Waals surface area (Å²) in [6.45, 7) is 6.97. The number of piperidine rings is 1. The van der Waals surface area contributed by atoms with Gasteiger partial charge in [0.15, 0.2) is 0 Å². The van der Waals surface area contributed by atoms with Crippen LogP contribution in [-0.4, -0.2) is 52.9 Å². The van der Waals surface area contributed by atoms with Crippen molar-refractivity contribution < 1.29 is 4.74 Å². The van der Waals surface area contributed by atoms with Crippen molar-refractivity contribution in [3.63, 3.8) is 0 Å². The lowest BCUT2D eigenvalue weighted by Gasteiger charge is -2.40. The molecule has 3 heterocycles. The SMILES string of the molecule is COc1ccc(CN2CCC3(CCCN(Cc4cnn(C)c4)C3)C2)cc1. The zero-order valence-electron chi connectivity index (χ0n) is 16.0. The molecule has 0 aliphatic carbocycles. The summed E-state index contributed by atoms with van der Waals surface area (Å²) in [7, 11) is 3.72. The lowest BCUT2D eigenvalue weighted by Crippen LogP contribution is -2.44. The van der Waals surface area contributed by atoms with Crippen molar-refractivity contribution in [1.82, 2.24) is 19.6 Å². The molecule has 2 fully saturated rings. The highest BCUT2D eigenvalue weighted by atomic mass is 16.5. The fraction of sp³-hybridized carbons (Fsp3) is 0.571. The van der Waals surface area contributed by atoms with Gasteiger partial charge < -0.3 is 4.74 Å². The molecule has 2 aromatic rings. The largest absolute Gasteiger partial charge is 0.497 e. The van der Waals surface area contributed by atoms with Gasteiger partial charge in [-0.2, -0.15) is 5.10 Å². The number of hydrogen-bond acceptors (Lipinski definition) is 4. The number of rotatable bonds is 5. The highest BCUT2D eigenvalue weighted by molar-refractivity contribution is 5.27. The fourth-order valence-corrected chi connectivity index (χ4v) is 4.74. The van der Waals surface area contributed by atoms with Crippen molar-refractivity contribution in [2.24, 2.45) is 12.5 Å². The van der Waals surface area contributed by atoms with E-state index in [1.165, 1.54) is 56.6 Å². The number of likely N-dealkylation sites (tertiary alicyclic amines) is 2. The standard InChI is InChI=1S/C21H30N4O/c1-23-13-19(12-22-23)15-24-10-3-8-21(16-24)9-11-25(17-21)14-18-4-6-20(26-2)7-5-18/h4-7,12-13H,3,8-11,14-17H2,1-2H3. The van der Waals surface area contributed by atoms with Gasteiger partial charge in [0.1, 0.15) is 5.75 Å². The summed E-state index contributed by atoms with van der Waals surface area (Å²) in [5.41, 5.74) is 3.19. The monoisotopic (exact) mass is 354 g/mol. The van der Waals surface area contributed by atoms with Gasteiger partial charge >= 0.3 is 0 Å². The van der Waals surface area contributed by atoms with E-state index in [1.54, 1.807) is 7.11 Å². The van der Waals surface area contributed by atoms with E-state index in [0.717, 1.165) is 18.8 Å². The first kappa shape index (κ1) is 17.6. The minimum atomic E-state index is 0.479. The van der Waals surface area contributed by atoms with Gasteiger partial charge in [-0.05, 0) is 55.5 Å². The van der Waals surface area contributed by atoms with Gasteiger partial charge in [0, 0.05) is 45.0 Å². The predicted molar refractivity (Wildman–Crippen MR) is 103 cm³/mol. The molecule has 2 aliphatic rings. The number of ether oxygens (including phenoxy) is 1. The summed E-state index contributed by atoms with van der Waals surface area (Å²) >= 11 is 0. The highest BCUT2D eigenvalue weighted by Gasteiger charge is 2.41. The van der Waals surface area contributed by atoms with E-state index >= 15 is 0 Å². The first-order chi connectivity index (χ1) is 12.6. The van der Waals surface area contributed by atoms with Crippen LogP contribution in [0.2, 0.25) is 0 Å². The van der Waals surface area contributed by atoms with E-state index in [-0.39, 0.29) is 0 Å². The maximum Gasteiger partial charge on any atom is 0.118 e. The van der Waals surface area contributed by atoms with Crippen molar-refractivity contribution in [1.29, 1.82) is 0 Å². The summed E-state index contributed by atoms with van der Waals surface area (Å²) < 4.78 is 7.17. The zero-order chi connectivity index (χ0) is 18.0. The van der Waals surface area contributed by atoms with E-state index in [0.29, 0.717) is 5.41 Å². The molecular weight excluding hydrogens is 324 g/mol. The predicted octanol–water partition coefficient (Wildman–Crippen LogP) is 2.92. The van der Waals surface area contributed by atoms with Gasteiger partial charge in [0.2, 0.25) is 0 Å². The minimum Gasteiger partial charge on any atom is -0.497 e. The molecule has 1 aromatic carbocycles. The molecule has 0 saturated carbocycles. The van der Waals surface area contributed by atoms with Crippen LogP contribution >= 0.6 is 0 Å². The highest BCUT2D eigenvalue weighted by Crippen LogP contribution is 2.39. The lowest BCUT2D eigenvalue weighted by atomic mass is 9.79. The summed E-state index contributed by atoms with van der Waals surface area (Å²) in [6, 6.07) is 8.52. The molecule has 1 spiro atoms. The van der Waals surface area contributed by atoms with Crippen LogP contribution in [0.1, 0.15) is 30.4 Å². The van der Waals surface area contributed by atoms with Crippen molar-refractivity contribution in [3.05, 3.63) is 47.8 Å². The van der Waals surface area contributed by atoms with E-state index < -0.39 is 0 Å². The summed E-state index contributed by atoms with van der Waals surface area (Å²) in [5, 5.41) is 4.32. The molecule has 140 valence electrons. The third-order valence-electron chi connectivity index (χ3n) is 5.99. The topological polar surface area (TPSA) is 33.5 Å². The number of benzene rings is 1. The van der Waals surface area contributed by atoms with Crippen LogP contribution in [0, 0.1) is 5.41 Å². The number of methoxy groups -OCH3 is 1. The molecular formula is C21H30N4O. The average molecular weight is 354 g/mol. The Bertz CT molecular complexity index is 726. The molecule has 26 heavy (non-hydrogen) atoms. The van der Waals surface area contributed by atoms with Crippen LogP contribution in [0.3, 0.4) is 0 Å². The number of hydrogen-bond donors (Lipinski definition) is 0. The molecule has 1 aromatic heterocycles.